The van der Waals surface area contributed by atoms with E-state index in [4.69, 9.17) is 0 Å². The van der Waals surface area contributed by atoms with Gasteiger partial charge in [-0.3, -0.25) is 0 Å². The molecule has 0 aromatic heterocycles. The molecule has 0 bridgehead atoms. The van der Waals surface area contributed by atoms with Crippen molar-refractivity contribution >= 4 is 6.08 Å². The molecule has 0 aromatic carbocycles. The molecule has 1 aliphatic rings. The van der Waals surface area contributed by atoms with E-state index in [-0.39, 0.29) is 6.04 Å². The molecule has 0 amide bonds. The fourth-order valence-corrected chi connectivity index (χ4v) is 1.78. The summed E-state index contributed by atoms with van der Waals surface area (Å²) >= 11 is 0. The topological polar surface area (TPSA) is 49.7 Å². The maximum atomic E-state index is 10.0. The Morgan fingerprint density at radius 2 is 2.33 bits per heavy atom. The predicted molar refractivity (Wildman–Crippen MR) is 45.6 cm³/mol. The van der Waals surface area contributed by atoms with Crippen LogP contribution in [0.3, 0.4) is 0 Å². The maximum Gasteiger partial charge on any atom is 0.235 e. The number of isocyanates is 1. The minimum atomic E-state index is -0.637. The zero-order chi connectivity index (χ0) is 9.03. The van der Waals surface area contributed by atoms with Gasteiger partial charge in [-0.1, -0.05) is 12.8 Å². The summed E-state index contributed by atoms with van der Waals surface area (Å²) in [5.74, 6) is 0. The molecule has 1 aliphatic carbocycles. The van der Waals surface area contributed by atoms with Crippen LogP contribution in [0.1, 0.15) is 39.0 Å². The lowest BCUT2D eigenvalue weighted by Gasteiger charge is -2.22. The van der Waals surface area contributed by atoms with E-state index in [1.54, 1.807) is 6.08 Å². The van der Waals surface area contributed by atoms with E-state index in [0.29, 0.717) is 6.42 Å². The molecule has 0 saturated heterocycles. The molecule has 68 valence electrons. The summed E-state index contributed by atoms with van der Waals surface area (Å²) in [6, 6.07) is -0.0139. The van der Waals surface area contributed by atoms with Crippen LogP contribution >= 0.6 is 0 Å². The van der Waals surface area contributed by atoms with Crippen LogP contribution < -0.4 is 0 Å². The number of nitrogens with zero attached hydrogens (tertiary/aromatic N) is 1. The maximum absolute atomic E-state index is 10.0. The molecule has 2 unspecified atom stereocenters. The number of rotatable bonds is 1. The van der Waals surface area contributed by atoms with Crippen LogP contribution in [0.2, 0.25) is 0 Å². The molecular weight excluding hydrogens is 154 g/mol. The van der Waals surface area contributed by atoms with Crippen molar-refractivity contribution in [2.24, 2.45) is 4.99 Å². The van der Waals surface area contributed by atoms with E-state index in [9.17, 15) is 9.90 Å². The van der Waals surface area contributed by atoms with Gasteiger partial charge < -0.3 is 5.11 Å². The largest absolute Gasteiger partial charge is 0.390 e. The van der Waals surface area contributed by atoms with Crippen molar-refractivity contribution in [3.05, 3.63) is 0 Å². The lowest BCUT2D eigenvalue weighted by atomic mass is 9.95. The molecule has 1 N–H and O–H groups in total. The second-order valence-electron chi connectivity index (χ2n) is 3.82. The van der Waals surface area contributed by atoms with Gasteiger partial charge >= 0.3 is 0 Å². The predicted octanol–water partition coefficient (Wildman–Crippen LogP) is 1.41. The molecule has 0 aliphatic heterocycles. The average molecular weight is 169 g/mol. The van der Waals surface area contributed by atoms with Crippen molar-refractivity contribution in [1.82, 2.24) is 0 Å². The summed E-state index contributed by atoms with van der Waals surface area (Å²) < 4.78 is 0. The van der Waals surface area contributed by atoms with Crippen molar-refractivity contribution in [2.75, 3.05) is 0 Å². The normalized spacial score (nSPS) is 36.7. The minimum absolute atomic E-state index is 0.0139. The Bertz CT molecular complexity index is 195. The van der Waals surface area contributed by atoms with Crippen LogP contribution in [0.5, 0.6) is 0 Å². The summed E-state index contributed by atoms with van der Waals surface area (Å²) in [7, 11) is 0. The average Bonchev–Trinajstić information content (AvgIpc) is 2.11. The highest BCUT2D eigenvalue weighted by Crippen LogP contribution is 2.27. The molecule has 1 rings (SSSR count). The number of hydrogen-bond acceptors (Lipinski definition) is 3. The Kier molecular flexibility index (Phi) is 3.01. The molecule has 2 atom stereocenters. The van der Waals surface area contributed by atoms with E-state index >= 15 is 0 Å². The fraction of sp³-hybridized carbons (Fsp3) is 0.889. The highest BCUT2D eigenvalue weighted by atomic mass is 16.3. The first-order chi connectivity index (χ1) is 5.64. The van der Waals surface area contributed by atoms with Crippen molar-refractivity contribution in [3.63, 3.8) is 0 Å². The molecule has 0 spiro atoms. The van der Waals surface area contributed by atoms with Crippen LogP contribution in [0.15, 0.2) is 4.99 Å². The van der Waals surface area contributed by atoms with Gasteiger partial charge in [0.25, 0.3) is 0 Å². The zero-order valence-corrected chi connectivity index (χ0v) is 7.42. The number of hydrogen-bond donors (Lipinski definition) is 1. The third kappa shape index (κ3) is 2.76. The van der Waals surface area contributed by atoms with Gasteiger partial charge in [0.2, 0.25) is 6.08 Å². The third-order valence-electron chi connectivity index (χ3n) is 2.41. The highest BCUT2D eigenvalue weighted by molar-refractivity contribution is 5.33. The van der Waals surface area contributed by atoms with Gasteiger partial charge in [0, 0.05) is 0 Å². The Morgan fingerprint density at radius 1 is 1.58 bits per heavy atom. The lowest BCUT2D eigenvalue weighted by Crippen LogP contribution is -2.26. The van der Waals surface area contributed by atoms with Crippen molar-refractivity contribution in [1.29, 1.82) is 0 Å². The van der Waals surface area contributed by atoms with E-state index < -0.39 is 5.60 Å². The monoisotopic (exact) mass is 169 g/mol. The number of aliphatic hydroxyl groups is 1. The van der Waals surface area contributed by atoms with E-state index in [1.807, 2.05) is 6.92 Å². The van der Waals surface area contributed by atoms with Crippen LogP contribution in [0.25, 0.3) is 0 Å². The van der Waals surface area contributed by atoms with Crippen molar-refractivity contribution in [2.45, 2.75) is 50.7 Å². The Hall–Kier alpha value is -0.660. The standard InChI is InChI=1S/C9H15NO2/c1-9(12)5-3-2-4-8(6-9)10-7-11/h8,12H,2-6H2,1H3. The van der Waals surface area contributed by atoms with Gasteiger partial charge in [0.15, 0.2) is 0 Å². The Balaban J connectivity index is 2.59. The Labute approximate surface area is 72.5 Å². The van der Waals surface area contributed by atoms with Crippen LogP contribution in [0, 0.1) is 0 Å². The molecule has 1 fully saturated rings. The first kappa shape index (κ1) is 9.43. The fourth-order valence-electron chi connectivity index (χ4n) is 1.78. The SMILES string of the molecule is CC1(O)CCCCC(N=C=O)C1. The molecule has 0 radical (unpaired) electrons. The van der Waals surface area contributed by atoms with E-state index in [2.05, 4.69) is 4.99 Å². The molecule has 1 saturated carbocycles. The van der Waals surface area contributed by atoms with E-state index in [1.165, 1.54) is 0 Å². The molecular formula is C9H15NO2. The van der Waals surface area contributed by atoms with Crippen LogP contribution in [-0.4, -0.2) is 22.8 Å². The second kappa shape index (κ2) is 3.83. The van der Waals surface area contributed by atoms with Gasteiger partial charge in [-0.2, -0.15) is 0 Å². The first-order valence-corrected chi connectivity index (χ1v) is 4.43. The van der Waals surface area contributed by atoms with E-state index in [0.717, 1.165) is 25.7 Å². The Morgan fingerprint density at radius 3 is 3.00 bits per heavy atom. The van der Waals surface area contributed by atoms with Gasteiger partial charge in [-0.15, -0.1) is 0 Å². The van der Waals surface area contributed by atoms with Crippen molar-refractivity contribution < 1.29 is 9.90 Å². The van der Waals surface area contributed by atoms with Gasteiger partial charge in [-0.05, 0) is 26.2 Å². The summed E-state index contributed by atoms with van der Waals surface area (Å²) in [5.41, 5.74) is -0.637. The van der Waals surface area contributed by atoms with Gasteiger partial charge in [0.1, 0.15) is 0 Å². The number of carbonyl (C=O) groups excluding carboxylic acids is 1. The molecule has 3 nitrogen and oxygen atoms in total. The zero-order valence-electron chi connectivity index (χ0n) is 7.42. The van der Waals surface area contributed by atoms with Crippen LogP contribution in [-0.2, 0) is 4.79 Å². The first-order valence-electron chi connectivity index (χ1n) is 4.43. The summed E-state index contributed by atoms with van der Waals surface area (Å²) in [5, 5.41) is 9.76. The third-order valence-corrected chi connectivity index (χ3v) is 2.41. The highest BCUT2D eigenvalue weighted by Gasteiger charge is 2.27. The quantitative estimate of drug-likeness (QED) is 0.366. The van der Waals surface area contributed by atoms with Gasteiger partial charge in [0.05, 0.1) is 11.6 Å². The van der Waals surface area contributed by atoms with Gasteiger partial charge in [-0.25, -0.2) is 9.79 Å². The molecule has 12 heavy (non-hydrogen) atoms. The molecule has 3 heteroatoms. The summed E-state index contributed by atoms with van der Waals surface area (Å²) in [6.45, 7) is 1.81. The molecule has 0 heterocycles. The second-order valence-corrected chi connectivity index (χ2v) is 3.82. The smallest absolute Gasteiger partial charge is 0.235 e. The number of aliphatic imine (C=N–C) groups is 1. The summed E-state index contributed by atoms with van der Waals surface area (Å²) in [4.78, 5) is 13.7. The van der Waals surface area contributed by atoms with Crippen LogP contribution in [0.4, 0.5) is 0 Å². The lowest BCUT2D eigenvalue weighted by molar-refractivity contribution is 0.0407. The summed E-state index contributed by atoms with van der Waals surface area (Å²) in [6.07, 6.45) is 5.97. The minimum Gasteiger partial charge on any atom is -0.390 e. The molecule has 0 aromatic rings. The van der Waals surface area contributed by atoms with Crippen molar-refractivity contribution in [3.8, 4) is 0 Å².